The Morgan fingerprint density at radius 2 is 1.74 bits per heavy atom. The molecular formula is C23H23F2N5O. The van der Waals surface area contributed by atoms with E-state index >= 15 is 0 Å². The first-order valence-corrected chi connectivity index (χ1v) is 10.1. The third-order valence-corrected chi connectivity index (χ3v) is 5.36. The number of aryl methyl sites for hydroxylation is 1. The normalized spacial score (nSPS) is 13.9. The molecule has 1 N–H and O–H groups in total. The van der Waals surface area contributed by atoms with E-state index in [4.69, 9.17) is 0 Å². The zero-order valence-electron chi connectivity index (χ0n) is 17.2. The van der Waals surface area contributed by atoms with Crippen LogP contribution in [0.3, 0.4) is 0 Å². The average molecular weight is 423 g/mol. The van der Waals surface area contributed by atoms with Crippen LogP contribution in [0.2, 0.25) is 0 Å². The van der Waals surface area contributed by atoms with Gasteiger partial charge in [-0.05, 0) is 37.3 Å². The van der Waals surface area contributed by atoms with Gasteiger partial charge < -0.3 is 15.1 Å². The van der Waals surface area contributed by atoms with E-state index in [2.05, 4.69) is 20.2 Å². The number of hydrogen-bond acceptors (Lipinski definition) is 5. The zero-order valence-corrected chi connectivity index (χ0v) is 17.2. The fourth-order valence-electron chi connectivity index (χ4n) is 3.57. The Labute approximate surface area is 179 Å². The van der Waals surface area contributed by atoms with Crippen LogP contribution in [0, 0.1) is 18.6 Å². The summed E-state index contributed by atoms with van der Waals surface area (Å²) in [5.41, 5.74) is 2.48. The fraction of sp³-hybridized carbons (Fsp3) is 0.261. The lowest BCUT2D eigenvalue weighted by atomic mass is 10.2. The van der Waals surface area contributed by atoms with Crippen molar-refractivity contribution < 1.29 is 13.6 Å². The van der Waals surface area contributed by atoms with Gasteiger partial charge in [0.1, 0.15) is 11.6 Å². The monoisotopic (exact) mass is 423 g/mol. The van der Waals surface area contributed by atoms with Crippen LogP contribution in [0.5, 0.6) is 0 Å². The van der Waals surface area contributed by atoms with Crippen LogP contribution in [-0.4, -0.2) is 47.0 Å². The number of carbonyl (C=O) groups excluding carboxylic acids is 1. The number of anilines is 2. The molecule has 1 aliphatic rings. The number of hydrogen-bond donors (Lipinski definition) is 1. The first kappa shape index (κ1) is 20.7. The van der Waals surface area contributed by atoms with Crippen molar-refractivity contribution in [3.63, 3.8) is 0 Å². The van der Waals surface area contributed by atoms with Gasteiger partial charge in [-0.1, -0.05) is 18.2 Å². The molecule has 0 saturated carbocycles. The topological polar surface area (TPSA) is 61.4 Å². The summed E-state index contributed by atoms with van der Waals surface area (Å²) in [7, 11) is 0. The first-order chi connectivity index (χ1) is 15.0. The van der Waals surface area contributed by atoms with Crippen LogP contribution in [0.1, 0.15) is 21.6 Å². The van der Waals surface area contributed by atoms with Crippen LogP contribution in [0.4, 0.5) is 20.4 Å². The number of nitrogens with one attached hydrogen (secondary N) is 1. The van der Waals surface area contributed by atoms with Gasteiger partial charge >= 0.3 is 0 Å². The lowest BCUT2D eigenvalue weighted by Gasteiger charge is -2.36. The van der Waals surface area contributed by atoms with E-state index in [1.807, 2.05) is 0 Å². The molecule has 1 amide bonds. The van der Waals surface area contributed by atoms with Crippen LogP contribution in [-0.2, 0) is 6.54 Å². The third kappa shape index (κ3) is 4.79. The molecule has 0 unspecified atom stereocenters. The van der Waals surface area contributed by atoms with Crippen molar-refractivity contribution in [3.05, 3.63) is 83.2 Å². The maximum absolute atomic E-state index is 13.8. The number of carbonyl (C=O) groups is 1. The maximum Gasteiger partial charge on any atom is 0.257 e. The highest BCUT2D eigenvalue weighted by atomic mass is 19.1. The van der Waals surface area contributed by atoms with Gasteiger partial charge in [0.2, 0.25) is 5.95 Å². The second-order valence-electron chi connectivity index (χ2n) is 7.39. The van der Waals surface area contributed by atoms with Gasteiger partial charge in [-0.3, -0.25) is 4.79 Å². The molecule has 1 aromatic heterocycles. The number of halogens is 2. The third-order valence-electron chi connectivity index (χ3n) is 5.36. The predicted octanol–water partition coefficient (Wildman–Crippen LogP) is 3.64. The molecule has 2 heterocycles. The predicted molar refractivity (Wildman–Crippen MR) is 115 cm³/mol. The number of rotatable bonds is 5. The summed E-state index contributed by atoms with van der Waals surface area (Å²) >= 11 is 0. The standard InChI is InChI=1S/C23H23F2N5O/c1-16-20(15-27-23(28-16)26-14-17-4-2-3-5-21(17)25)22(31)30-12-10-29(11-13-30)19-8-6-18(24)7-9-19/h2-9,15H,10-14H2,1H3,(H,26,27,28). The molecule has 1 saturated heterocycles. The van der Waals surface area contributed by atoms with Gasteiger partial charge in [0, 0.05) is 50.2 Å². The van der Waals surface area contributed by atoms with Gasteiger partial charge in [0.15, 0.2) is 0 Å². The molecular weight excluding hydrogens is 400 g/mol. The van der Waals surface area contributed by atoms with Crippen molar-refractivity contribution in [2.75, 3.05) is 36.4 Å². The van der Waals surface area contributed by atoms with E-state index in [0.29, 0.717) is 48.9 Å². The Kier molecular flexibility index (Phi) is 6.06. The van der Waals surface area contributed by atoms with E-state index in [9.17, 15) is 13.6 Å². The summed E-state index contributed by atoms with van der Waals surface area (Å²) < 4.78 is 26.9. The van der Waals surface area contributed by atoms with Crippen molar-refractivity contribution in [1.82, 2.24) is 14.9 Å². The smallest absolute Gasteiger partial charge is 0.257 e. The Morgan fingerprint density at radius 1 is 1.03 bits per heavy atom. The Hall–Kier alpha value is -3.55. The summed E-state index contributed by atoms with van der Waals surface area (Å²) in [6, 6.07) is 12.9. The van der Waals surface area contributed by atoms with Crippen molar-refractivity contribution in [3.8, 4) is 0 Å². The Balaban J connectivity index is 1.36. The van der Waals surface area contributed by atoms with Gasteiger partial charge in [-0.2, -0.15) is 0 Å². The molecule has 0 atom stereocenters. The molecule has 31 heavy (non-hydrogen) atoms. The molecule has 1 fully saturated rings. The highest BCUT2D eigenvalue weighted by Crippen LogP contribution is 2.19. The van der Waals surface area contributed by atoms with Gasteiger partial charge in [-0.25, -0.2) is 18.7 Å². The minimum absolute atomic E-state index is 0.114. The number of piperazine rings is 1. The molecule has 0 bridgehead atoms. The van der Waals surface area contributed by atoms with Crippen LogP contribution in [0.15, 0.2) is 54.7 Å². The molecule has 160 valence electrons. The lowest BCUT2D eigenvalue weighted by Crippen LogP contribution is -2.49. The van der Waals surface area contributed by atoms with E-state index in [1.54, 1.807) is 42.2 Å². The number of amides is 1. The summed E-state index contributed by atoms with van der Waals surface area (Å²) in [6.45, 7) is 4.47. The summed E-state index contributed by atoms with van der Waals surface area (Å²) in [5.74, 6) is -0.325. The van der Waals surface area contributed by atoms with E-state index in [0.717, 1.165) is 5.69 Å². The molecule has 0 spiro atoms. The zero-order chi connectivity index (χ0) is 21.8. The Morgan fingerprint density at radius 3 is 2.42 bits per heavy atom. The molecule has 0 aliphatic carbocycles. The van der Waals surface area contributed by atoms with Crippen molar-refractivity contribution in [2.24, 2.45) is 0 Å². The van der Waals surface area contributed by atoms with Gasteiger partial charge in [0.25, 0.3) is 5.91 Å². The van der Waals surface area contributed by atoms with Crippen molar-refractivity contribution in [1.29, 1.82) is 0 Å². The molecule has 8 heteroatoms. The van der Waals surface area contributed by atoms with E-state index in [1.165, 1.54) is 24.4 Å². The second kappa shape index (κ2) is 9.07. The number of nitrogens with zero attached hydrogens (tertiary/aromatic N) is 4. The summed E-state index contributed by atoms with van der Waals surface area (Å²) in [6.07, 6.45) is 1.51. The van der Waals surface area contributed by atoms with Crippen LogP contribution in [0.25, 0.3) is 0 Å². The van der Waals surface area contributed by atoms with Crippen LogP contribution >= 0.6 is 0 Å². The minimum atomic E-state index is -0.293. The van der Waals surface area contributed by atoms with Crippen molar-refractivity contribution >= 4 is 17.5 Å². The molecule has 1 aliphatic heterocycles. The minimum Gasteiger partial charge on any atom is -0.368 e. The highest BCUT2D eigenvalue weighted by molar-refractivity contribution is 5.95. The Bertz CT molecular complexity index is 1070. The fourth-order valence-corrected chi connectivity index (χ4v) is 3.57. The van der Waals surface area contributed by atoms with Crippen molar-refractivity contribution in [2.45, 2.75) is 13.5 Å². The molecule has 2 aromatic carbocycles. The molecule has 0 radical (unpaired) electrons. The maximum atomic E-state index is 13.8. The largest absolute Gasteiger partial charge is 0.368 e. The van der Waals surface area contributed by atoms with Gasteiger partial charge in [-0.15, -0.1) is 0 Å². The summed E-state index contributed by atoms with van der Waals surface area (Å²) in [4.78, 5) is 25.5. The SMILES string of the molecule is Cc1nc(NCc2ccccc2F)ncc1C(=O)N1CCN(c2ccc(F)cc2)CC1. The average Bonchev–Trinajstić information content (AvgIpc) is 2.79. The van der Waals surface area contributed by atoms with E-state index < -0.39 is 0 Å². The lowest BCUT2D eigenvalue weighted by molar-refractivity contribution is 0.0745. The molecule has 4 rings (SSSR count). The highest BCUT2D eigenvalue weighted by Gasteiger charge is 2.24. The number of benzene rings is 2. The van der Waals surface area contributed by atoms with E-state index in [-0.39, 0.29) is 24.1 Å². The molecule has 3 aromatic rings. The van der Waals surface area contributed by atoms with Crippen LogP contribution < -0.4 is 10.2 Å². The summed E-state index contributed by atoms with van der Waals surface area (Å²) in [5, 5.41) is 3.00. The quantitative estimate of drug-likeness (QED) is 0.679. The van der Waals surface area contributed by atoms with Gasteiger partial charge in [0.05, 0.1) is 11.3 Å². The number of aromatic nitrogens is 2. The molecule has 6 nitrogen and oxygen atoms in total. The second-order valence-corrected chi connectivity index (χ2v) is 7.39. The first-order valence-electron chi connectivity index (χ1n) is 10.1.